The molecule has 1 aliphatic heterocycles. The highest BCUT2D eigenvalue weighted by Gasteiger charge is 2.40. The molecule has 1 amide bonds. The number of hydrogen-bond acceptors (Lipinski definition) is 4. The predicted octanol–water partition coefficient (Wildman–Crippen LogP) is 4.88. The van der Waals surface area contributed by atoms with Crippen LogP contribution in [-0.4, -0.2) is 42.6 Å². The Kier molecular flexibility index (Phi) is 5.69. The number of methoxy groups -OCH3 is 1. The van der Waals surface area contributed by atoms with E-state index in [0.717, 1.165) is 53.6 Å². The minimum absolute atomic E-state index is 0.0273. The molecule has 2 aromatic rings. The summed E-state index contributed by atoms with van der Waals surface area (Å²) in [6.45, 7) is 3.46. The third kappa shape index (κ3) is 3.85. The summed E-state index contributed by atoms with van der Waals surface area (Å²) in [6.07, 6.45) is 9.65. The van der Waals surface area contributed by atoms with Gasteiger partial charge in [-0.05, 0) is 50.8 Å². The van der Waals surface area contributed by atoms with Gasteiger partial charge in [-0.2, -0.15) is 0 Å². The molecule has 1 saturated heterocycles. The molecule has 1 spiro atoms. The van der Waals surface area contributed by atoms with E-state index in [2.05, 4.69) is 22.9 Å². The summed E-state index contributed by atoms with van der Waals surface area (Å²) in [6, 6.07) is 6.77. The van der Waals surface area contributed by atoms with Crippen LogP contribution in [0, 0.1) is 6.92 Å². The van der Waals surface area contributed by atoms with Gasteiger partial charge in [0.1, 0.15) is 5.75 Å². The first-order valence-corrected chi connectivity index (χ1v) is 11.9. The zero-order valence-corrected chi connectivity index (χ0v) is 18.7. The third-order valence-corrected chi connectivity index (χ3v) is 7.52. The minimum Gasteiger partial charge on any atom is -0.497 e. The van der Waals surface area contributed by atoms with Crippen LogP contribution >= 0.6 is 0 Å². The van der Waals surface area contributed by atoms with Crippen molar-refractivity contribution >= 4 is 16.8 Å². The lowest BCUT2D eigenvalue weighted by Crippen LogP contribution is -2.44. The number of rotatable bonds is 4. The minimum atomic E-state index is -0.401. The second-order valence-electron chi connectivity index (χ2n) is 9.36. The van der Waals surface area contributed by atoms with E-state index < -0.39 is 5.79 Å². The Labute approximate surface area is 184 Å². The Bertz CT molecular complexity index is 944. The predicted molar refractivity (Wildman–Crippen MR) is 120 cm³/mol. The zero-order valence-electron chi connectivity index (χ0n) is 18.7. The number of nitrogens with zero attached hydrogens (tertiary/aromatic N) is 1. The Morgan fingerprint density at radius 2 is 1.81 bits per heavy atom. The lowest BCUT2D eigenvalue weighted by molar-refractivity contribution is -0.179. The summed E-state index contributed by atoms with van der Waals surface area (Å²) in [5.41, 5.74) is 3.02. The van der Waals surface area contributed by atoms with Crippen molar-refractivity contribution in [2.24, 2.45) is 0 Å². The number of fused-ring (bicyclic) bond motifs is 1. The lowest BCUT2D eigenvalue weighted by atomic mass is 9.90. The molecule has 3 fully saturated rings. The van der Waals surface area contributed by atoms with Gasteiger partial charge in [0.25, 0.3) is 5.91 Å². The number of hydrogen-bond donors (Lipinski definition) is 1. The van der Waals surface area contributed by atoms with Gasteiger partial charge in [-0.25, -0.2) is 0 Å². The molecule has 2 saturated carbocycles. The van der Waals surface area contributed by atoms with Crippen LogP contribution in [-0.2, 0) is 9.47 Å². The molecular weight excluding hydrogens is 392 g/mol. The van der Waals surface area contributed by atoms with Gasteiger partial charge in [-0.1, -0.05) is 19.3 Å². The van der Waals surface area contributed by atoms with Crippen molar-refractivity contribution in [3.8, 4) is 5.75 Å². The maximum atomic E-state index is 13.5. The number of nitrogens with one attached hydrogen (secondary N) is 1. The fourth-order valence-corrected chi connectivity index (χ4v) is 5.89. The largest absolute Gasteiger partial charge is 0.497 e. The average Bonchev–Trinajstić information content (AvgIpc) is 3.37. The molecule has 2 heterocycles. The summed E-state index contributed by atoms with van der Waals surface area (Å²) in [5, 5.41) is 4.32. The van der Waals surface area contributed by atoms with Gasteiger partial charge in [0.15, 0.2) is 5.79 Å². The van der Waals surface area contributed by atoms with Crippen molar-refractivity contribution in [3.05, 3.63) is 29.5 Å². The highest BCUT2D eigenvalue weighted by atomic mass is 16.7. The standard InChI is InChI=1S/C25H34N2O4/c1-17-23(24(28)26-18-10-12-25(13-11-18)30-14-15-31-25)21-16-20(29-2)8-9-22(21)27(17)19-6-4-3-5-7-19/h8-9,16,18-19H,3-7,10-15H2,1-2H3,(H,26,28). The van der Waals surface area contributed by atoms with Crippen molar-refractivity contribution in [2.45, 2.75) is 82.6 Å². The molecule has 1 aromatic carbocycles. The summed E-state index contributed by atoms with van der Waals surface area (Å²) >= 11 is 0. The molecule has 0 unspecified atom stereocenters. The maximum absolute atomic E-state index is 13.5. The fraction of sp³-hybridized carbons (Fsp3) is 0.640. The van der Waals surface area contributed by atoms with Crippen molar-refractivity contribution < 1.29 is 19.0 Å². The molecule has 2 aliphatic carbocycles. The van der Waals surface area contributed by atoms with Gasteiger partial charge < -0.3 is 24.1 Å². The van der Waals surface area contributed by atoms with Crippen LogP contribution in [0.5, 0.6) is 5.75 Å². The van der Waals surface area contributed by atoms with Gasteiger partial charge in [-0.3, -0.25) is 4.79 Å². The van der Waals surface area contributed by atoms with Gasteiger partial charge >= 0.3 is 0 Å². The molecule has 0 bridgehead atoms. The van der Waals surface area contributed by atoms with Crippen LogP contribution in [0.4, 0.5) is 0 Å². The quantitative estimate of drug-likeness (QED) is 0.757. The molecular formula is C25H34N2O4. The molecule has 5 rings (SSSR count). The van der Waals surface area contributed by atoms with Crippen molar-refractivity contribution in [1.29, 1.82) is 0 Å². The van der Waals surface area contributed by atoms with Crippen LogP contribution in [0.15, 0.2) is 18.2 Å². The molecule has 168 valence electrons. The van der Waals surface area contributed by atoms with E-state index in [1.807, 2.05) is 12.1 Å². The number of carbonyl (C=O) groups excluding carboxylic acids is 1. The fourth-order valence-electron chi connectivity index (χ4n) is 5.89. The van der Waals surface area contributed by atoms with Gasteiger partial charge in [0.05, 0.1) is 25.9 Å². The number of amides is 1. The van der Waals surface area contributed by atoms with Gasteiger partial charge in [0.2, 0.25) is 0 Å². The van der Waals surface area contributed by atoms with Crippen LogP contribution in [0.3, 0.4) is 0 Å². The number of ether oxygens (including phenoxy) is 3. The Balaban J connectivity index is 1.42. The van der Waals surface area contributed by atoms with Crippen molar-refractivity contribution in [1.82, 2.24) is 9.88 Å². The molecule has 0 atom stereocenters. The Morgan fingerprint density at radius 3 is 2.48 bits per heavy atom. The van der Waals surface area contributed by atoms with E-state index in [4.69, 9.17) is 14.2 Å². The first-order valence-electron chi connectivity index (χ1n) is 11.9. The van der Waals surface area contributed by atoms with E-state index in [9.17, 15) is 4.79 Å². The van der Waals surface area contributed by atoms with E-state index in [-0.39, 0.29) is 11.9 Å². The average molecular weight is 427 g/mol. The molecule has 1 N–H and O–H groups in total. The molecule has 31 heavy (non-hydrogen) atoms. The first-order chi connectivity index (χ1) is 15.1. The third-order valence-electron chi connectivity index (χ3n) is 7.52. The van der Waals surface area contributed by atoms with Crippen LogP contribution < -0.4 is 10.1 Å². The first kappa shape index (κ1) is 20.8. The molecule has 3 aliphatic rings. The van der Waals surface area contributed by atoms with E-state index in [1.54, 1.807) is 7.11 Å². The Morgan fingerprint density at radius 1 is 1.10 bits per heavy atom. The topological polar surface area (TPSA) is 61.7 Å². The van der Waals surface area contributed by atoms with Crippen molar-refractivity contribution in [3.63, 3.8) is 0 Å². The number of carbonyl (C=O) groups is 1. The summed E-state index contributed by atoms with van der Waals surface area (Å²) in [4.78, 5) is 13.5. The molecule has 0 radical (unpaired) electrons. The lowest BCUT2D eigenvalue weighted by Gasteiger charge is -2.35. The van der Waals surface area contributed by atoms with E-state index in [1.165, 1.54) is 32.1 Å². The summed E-state index contributed by atoms with van der Waals surface area (Å²) in [5.74, 6) is 0.415. The van der Waals surface area contributed by atoms with Crippen molar-refractivity contribution in [2.75, 3.05) is 20.3 Å². The highest BCUT2D eigenvalue weighted by Crippen LogP contribution is 2.38. The molecule has 1 aromatic heterocycles. The second kappa shape index (κ2) is 8.47. The zero-order chi connectivity index (χ0) is 21.4. The van der Waals surface area contributed by atoms with Crippen LogP contribution in [0.25, 0.3) is 10.9 Å². The molecule has 6 heteroatoms. The van der Waals surface area contributed by atoms with Gasteiger partial charge in [-0.15, -0.1) is 0 Å². The summed E-state index contributed by atoms with van der Waals surface area (Å²) < 4.78 is 19.6. The van der Waals surface area contributed by atoms with E-state index in [0.29, 0.717) is 19.3 Å². The number of aromatic nitrogens is 1. The van der Waals surface area contributed by atoms with Crippen LogP contribution in [0.2, 0.25) is 0 Å². The maximum Gasteiger partial charge on any atom is 0.253 e. The molecule has 6 nitrogen and oxygen atoms in total. The van der Waals surface area contributed by atoms with Gasteiger partial charge in [0, 0.05) is 41.5 Å². The summed E-state index contributed by atoms with van der Waals surface area (Å²) in [7, 11) is 1.68. The second-order valence-corrected chi connectivity index (χ2v) is 9.36. The van der Waals surface area contributed by atoms with Crippen LogP contribution in [0.1, 0.15) is 79.9 Å². The number of benzene rings is 1. The van der Waals surface area contributed by atoms with E-state index >= 15 is 0 Å². The Hall–Kier alpha value is -2.05. The SMILES string of the molecule is COc1ccc2c(c1)c(C(=O)NC1CCC3(CC1)OCCO3)c(C)n2C1CCCCC1. The smallest absolute Gasteiger partial charge is 0.253 e. The normalized spacial score (nSPS) is 22.3. The monoisotopic (exact) mass is 426 g/mol. The highest BCUT2D eigenvalue weighted by molar-refractivity contribution is 6.09.